The smallest absolute Gasteiger partial charge is 0.306 e. The SMILES string of the molecule is CCCCC(CC)COCC(=O)CCCCCCCOC(COCCCCCCCC(=O)OC(CC)CCCC)COCCOCCOCCOCC. The van der Waals surface area contributed by atoms with Gasteiger partial charge in [-0.05, 0) is 57.8 Å². The number of rotatable bonds is 44. The Labute approximate surface area is 325 Å². The molecule has 316 valence electrons. The number of hydrogen-bond donors (Lipinski definition) is 0. The first-order chi connectivity index (χ1) is 26.0. The molecule has 0 aromatic carbocycles. The van der Waals surface area contributed by atoms with Gasteiger partial charge in [-0.3, -0.25) is 9.59 Å². The summed E-state index contributed by atoms with van der Waals surface area (Å²) in [5.41, 5.74) is 0. The van der Waals surface area contributed by atoms with E-state index in [1.165, 1.54) is 19.3 Å². The van der Waals surface area contributed by atoms with Crippen LogP contribution in [0, 0.1) is 5.92 Å². The van der Waals surface area contributed by atoms with E-state index in [9.17, 15) is 9.59 Å². The molecule has 0 rings (SSSR count). The summed E-state index contributed by atoms with van der Waals surface area (Å²) in [4.78, 5) is 24.4. The highest BCUT2D eigenvalue weighted by atomic mass is 16.6. The van der Waals surface area contributed by atoms with Crippen LogP contribution >= 0.6 is 0 Å². The first-order valence-corrected chi connectivity index (χ1v) is 21.8. The topological polar surface area (TPSA) is 108 Å². The minimum Gasteiger partial charge on any atom is -0.462 e. The Morgan fingerprint density at radius 3 is 1.62 bits per heavy atom. The van der Waals surface area contributed by atoms with Crippen molar-refractivity contribution in [3.63, 3.8) is 0 Å². The first-order valence-electron chi connectivity index (χ1n) is 21.8. The highest BCUT2D eigenvalue weighted by Gasteiger charge is 2.13. The van der Waals surface area contributed by atoms with Crippen molar-refractivity contribution in [1.82, 2.24) is 0 Å². The van der Waals surface area contributed by atoms with Gasteiger partial charge in [0.2, 0.25) is 0 Å². The Bertz CT molecular complexity index is 767. The maximum Gasteiger partial charge on any atom is 0.306 e. The van der Waals surface area contributed by atoms with E-state index in [2.05, 4.69) is 27.7 Å². The van der Waals surface area contributed by atoms with Gasteiger partial charge in [0.15, 0.2) is 5.78 Å². The molecule has 0 N–H and O–H groups in total. The summed E-state index contributed by atoms with van der Waals surface area (Å²) in [5, 5.41) is 0. The van der Waals surface area contributed by atoms with Crippen molar-refractivity contribution < 1.29 is 47.5 Å². The molecule has 0 radical (unpaired) electrons. The van der Waals surface area contributed by atoms with Crippen LogP contribution in [0.5, 0.6) is 0 Å². The average molecular weight is 761 g/mol. The van der Waals surface area contributed by atoms with Crippen LogP contribution in [0.1, 0.15) is 163 Å². The molecule has 0 heterocycles. The standard InChI is InChI=1S/C43H84O10/c1-6-11-23-39(8-3)35-51-36-40(44)24-19-15-13-18-22-28-52-42(38-50-34-33-48-32-31-47-30-29-46-10-5)37-49-27-21-17-14-16-20-26-43(45)53-41(9-4)25-12-7-2/h39,41-42H,6-38H2,1-5H3. The number of hydrogen-bond acceptors (Lipinski definition) is 10. The van der Waals surface area contributed by atoms with Crippen LogP contribution in [0.25, 0.3) is 0 Å². The first kappa shape index (κ1) is 51.9. The van der Waals surface area contributed by atoms with Crippen LogP contribution in [0.15, 0.2) is 0 Å². The van der Waals surface area contributed by atoms with Crippen LogP contribution < -0.4 is 0 Å². The lowest BCUT2D eigenvalue weighted by Gasteiger charge is -2.18. The Morgan fingerprint density at radius 1 is 0.453 bits per heavy atom. The van der Waals surface area contributed by atoms with Crippen LogP contribution in [0.2, 0.25) is 0 Å². The number of esters is 1. The molecule has 53 heavy (non-hydrogen) atoms. The van der Waals surface area contributed by atoms with Gasteiger partial charge in [0.05, 0.1) is 52.9 Å². The largest absolute Gasteiger partial charge is 0.462 e. The maximum absolute atomic E-state index is 12.2. The summed E-state index contributed by atoms with van der Waals surface area (Å²) in [6.45, 7) is 17.9. The lowest BCUT2D eigenvalue weighted by Crippen LogP contribution is -2.27. The van der Waals surface area contributed by atoms with Gasteiger partial charge >= 0.3 is 5.97 Å². The molecular formula is C43H84O10. The highest BCUT2D eigenvalue weighted by molar-refractivity contribution is 5.79. The van der Waals surface area contributed by atoms with E-state index in [1.807, 2.05) is 6.92 Å². The summed E-state index contributed by atoms with van der Waals surface area (Å²) in [6, 6.07) is 0. The third-order valence-electron chi connectivity index (χ3n) is 9.34. The number of carbonyl (C=O) groups excluding carboxylic acids is 2. The number of unbranched alkanes of at least 4 members (excludes halogenated alkanes) is 10. The molecule has 3 unspecified atom stereocenters. The summed E-state index contributed by atoms with van der Waals surface area (Å²) in [6.07, 6.45) is 20.1. The summed E-state index contributed by atoms with van der Waals surface area (Å²) in [5.74, 6) is 0.742. The second-order valence-electron chi connectivity index (χ2n) is 14.2. The number of carbonyl (C=O) groups is 2. The molecule has 0 saturated heterocycles. The predicted octanol–water partition coefficient (Wildman–Crippen LogP) is 9.47. The van der Waals surface area contributed by atoms with Gasteiger partial charge in [0.25, 0.3) is 0 Å². The molecule has 0 amide bonds. The van der Waals surface area contributed by atoms with E-state index in [-0.39, 0.29) is 30.6 Å². The molecule has 0 aromatic heterocycles. The summed E-state index contributed by atoms with van der Waals surface area (Å²) in [7, 11) is 0. The Kier molecular flexibility index (Phi) is 41.1. The zero-order chi connectivity index (χ0) is 38.9. The van der Waals surface area contributed by atoms with Crippen LogP contribution in [0.4, 0.5) is 0 Å². The maximum atomic E-state index is 12.2. The lowest BCUT2D eigenvalue weighted by molar-refractivity contribution is -0.149. The van der Waals surface area contributed by atoms with Crippen molar-refractivity contribution in [3.8, 4) is 0 Å². The van der Waals surface area contributed by atoms with Crippen molar-refractivity contribution >= 4 is 11.8 Å². The monoisotopic (exact) mass is 761 g/mol. The van der Waals surface area contributed by atoms with Gasteiger partial charge in [-0.15, -0.1) is 0 Å². The van der Waals surface area contributed by atoms with Crippen molar-refractivity contribution in [2.45, 2.75) is 175 Å². The second-order valence-corrected chi connectivity index (χ2v) is 14.2. The third kappa shape index (κ3) is 37.6. The Hall–Kier alpha value is -1.14. The molecule has 0 aliphatic rings. The molecule has 0 saturated carbocycles. The van der Waals surface area contributed by atoms with Crippen LogP contribution in [-0.4, -0.2) is 110 Å². The zero-order valence-corrected chi connectivity index (χ0v) is 35.1. The van der Waals surface area contributed by atoms with Gasteiger partial charge in [-0.1, -0.05) is 98.3 Å². The molecular weight excluding hydrogens is 676 g/mol. The Balaban J connectivity index is 4.18. The normalized spacial score (nSPS) is 13.3. The molecule has 0 aromatic rings. The Morgan fingerprint density at radius 2 is 1.00 bits per heavy atom. The van der Waals surface area contributed by atoms with E-state index >= 15 is 0 Å². The van der Waals surface area contributed by atoms with Crippen molar-refractivity contribution in [2.24, 2.45) is 5.92 Å². The minimum absolute atomic E-state index is 0.0513. The van der Waals surface area contributed by atoms with Crippen molar-refractivity contribution in [1.29, 1.82) is 0 Å². The quantitative estimate of drug-likeness (QED) is 0.0440. The molecule has 3 atom stereocenters. The van der Waals surface area contributed by atoms with Crippen LogP contribution in [-0.2, 0) is 47.5 Å². The molecule has 0 aliphatic carbocycles. The van der Waals surface area contributed by atoms with E-state index in [4.69, 9.17) is 37.9 Å². The molecule has 0 spiro atoms. The number of ketones is 1. The molecule has 10 nitrogen and oxygen atoms in total. The predicted molar refractivity (Wildman–Crippen MR) is 214 cm³/mol. The van der Waals surface area contributed by atoms with E-state index in [1.54, 1.807) is 0 Å². The number of ether oxygens (including phenoxy) is 8. The molecule has 0 fully saturated rings. The highest BCUT2D eigenvalue weighted by Crippen LogP contribution is 2.14. The fraction of sp³-hybridized carbons (Fsp3) is 0.953. The van der Waals surface area contributed by atoms with Gasteiger partial charge < -0.3 is 37.9 Å². The van der Waals surface area contributed by atoms with Gasteiger partial charge in [0.1, 0.15) is 18.8 Å². The van der Waals surface area contributed by atoms with Crippen LogP contribution in [0.3, 0.4) is 0 Å². The van der Waals surface area contributed by atoms with Gasteiger partial charge in [-0.2, -0.15) is 0 Å². The van der Waals surface area contributed by atoms with E-state index in [0.717, 1.165) is 96.3 Å². The van der Waals surface area contributed by atoms with E-state index < -0.39 is 0 Å². The summed E-state index contributed by atoms with van der Waals surface area (Å²) >= 11 is 0. The summed E-state index contributed by atoms with van der Waals surface area (Å²) < 4.78 is 45.8. The second kappa shape index (κ2) is 42.0. The fourth-order valence-electron chi connectivity index (χ4n) is 5.82. The molecule has 10 heteroatoms. The fourth-order valence-corrected chi connectivity index (χ4v) is 5.82. The minimum atomic E-state index is -0.126. The van der Waals surface area contributed by atoms with Crippen molar-refractivity contribution in [3.05, 3.63) is 0 Å². The number of Topliss-reactive ketones (excluding diaryl/α,β-unsaturated/α-hetero) is 1. The third-order valence-corrected chi connectivity index (χ3v) is 9.34. The average Bonchev–Trinajstić information content (AvgIpc) is 3.16. The lowest BCUT2D eigenvalue weighted by atomic mass is 10.0. The molecule has 0 aliphatic heterocycles. The van der Waals surface area contributed by atoms with Gasteiger partial charge in [-0.25, -0.2) is 0 Å². The van der Waals surface area contributed by atoms with E-state index in [0.29, 0.717) is 98.0 Å². The zero-order valence-electron chi connectivity index (χ0n) is 35.1. The van der Waals surface area contributed by atoms with Gasteiger partial charge in [0, 0.05) is 39.3 Å². The molecule has 0 bridgehead atoms. The van der Waals surface area contributed by atoms with Crippen molar-refractivity contribution in [2.75, 3.05) is 85.9 Å².